The number of nitrogens with one attached hydrogen (secondary N) is 2. The fraction of sp³-hybridized carbons (Fsp3) is 0.296. The second-order valence-electron chi connectivity index (χ2n) is 8.71. The molecule has 9 heteroatoms. The molecular formula is C27H28N4O5. The predicted octanol–water partition coefficient (Wildman–Crippen LogP) is 3.44. The van der Waals surface area contributed by atoms with E-state index in [0.717, 1.165) is 25.7 Å². The minimum absolute atomic E-state index is 0.0346. The smallest absolute Gasteiger partial charge is 0.287 e. The van der Waals surface area contributed by atoms with Crippen LogP contribution in [0.25, 0.3) is 0 Å². The fourth-order valence-electron chi connectivity index (χ4n) is 4.34. The fourth-order valence-corrected chi connectivity index (χ4v) is 4.34. The number of benzene rings is 1. The Labute approximate surface area is 208 Å². The Morgan fingerprint density at radius 2 is 1.81 bits per heavy atom. The van der Waals surface area contributed by atoms with Gasteiger partial charge in [-0.1, -0.05) is 18.9 Å². The lowest BCUT2D eigenvalue weighted by Crippen LogP contribution is -2.49. The summed E-state index contributed by atoms with van der Waals surface area (Å²) in [5, 5.41) is 5.64. The van der Waals surface area contributed by atoms with E-state index in [-0.39, 0.29) is 30.0 Å². The molecule has 1 atom stereocenters. The first-order valence-electron chi connectivity index (χ1n) is 11.9. The van der Waals surface area contributed by atoms with Crippen LogP contribution in [0.3, 0.4) is 0 Å². The third kappa shape index (κ3) is 5.86. The van der Waals surface area contributed by atoms with Gasteiger partial charge in [0.2, 0.25) is 11.8 Å². The molecule has 4 rings (SSSR count). The molecule has 3 aromatic rings. The van der Waals surface area contributed by atoms with Crippen LogP contribution >= 0.6 is 0 Å². The molecule has 0 saturated heterocycles. The zero-order valence-electron chi connectivity index (χ0n) is 20.0. The van der Waals surface area contributed by atoms with Gasteiger partial charge in [-0.2, -0.15) is 0 Å². The van der Waals surface area contributed by atoms with E-state index in [1.165, 1.54) is 24.2 Å². The largest absolute Gasteiger partial charge is 0.459 e. The van der Waals surface area contributed by atoms with E-state index in [1.807, 2.05) is 0 Å². The van der Waals surface area contributed by atoms with Gasteiger partial charge in [0.1, 0.15) is 6.04 Å². The highest BCUT2D eigenvalue weighted by Crippen LogP contribution is 2.29. The lowest BCUT2D eigenvalue weighted by atomic mass is 10.0. The highest BCUT2D eigenvalue weighted by Gasteiger charge is 2.34. The molecule has 36 heavy (non-hydrogen) atoms. The van der Waals surface area contributed by atoms with Gasteiger partial charge >= 0.3 is 0 Å². The zero-order chi connectivity index (χ0) is 25.5. The Hall–Kier alpha value is -4.27. The first-order valence-corrected chi connectivity index (χ1v) is 11.9. The standard InChI is InChI=1S/C27H28N4O5/c1-18(32)19-10-12-22(13-11-19)31(24(33)17-29-26(34)23-9-5-15-36-23)25(20-6-4-14-28-16-20)27(35)30-21-7-2-3-8-21/h4-6,9-16,21,25H,2-3,7-8,17H2,1H3,(H,29,34)(H,30,35)/t25-/m0/s1. The van der Waals surface area contributed by atoms with Gasteiger partial charge in [0.25, 0.3) is 5.91 Å². The van der Waals surface area contributed by atoms with Gasteiger partial charge in [0, 0.05) is 35.2 Å². The molecule has 9 nitrogen and oxygen atoms in total. The Kier molecular flexibility index (Phi) is 7.89. The number of anilines is 1. The molecule has 0 unspecified atom stereocenters. The second-order valence-corrected chi connectivity index (χ2v) is 8.71. The number of carbonyl (C=O) groups excluding carboxylic acids is 4. The van der Waals surface area contributed by atoms with Crippen molar-refractivity contribution in [2.45, 2.75) is 44.7 Å². The summed E-state index contributed by atoms with van der Waals surface area (Å²) in [5.41, 5.74) is 1.41. The Morgan fingerprint density at radius 1 is 1.06 bits per heavy atom. The maximum absolute atomic E-state index is 13.6. The van der Waals surface area contributed by atoms with E-state index >= 15 is 0 Å². The summed E-state index contributed by atoms with van der Waals surface area (Å²) < 4.78 is 5.10. The number of hydrogen-bond donors (Lipinski definition) is 2. The number of carbonyl (C=O) groups is 4. The molecule has 2 N–H and O–H groups in total. The van der Waals surface area contributed by atoms with Crippen molar-refractivity contribution in [2.75, 3.05) is 11.4 Å². The van der Waals surface area contributed by atoms with Gasteiger partial charge < -0.3 is 15.1 Å². The maximum atomic E-state index is 13.6. The van der Waals surface area contributed by atoms with Crippen molar-refractivity contribution in [1.82, 2.24) is 15.6 Å². The Balaban J connectivity index is 1.68. The third-order valence-electron chi connectivity index (χ3n) is 6.17. The maximum Gasteiger partial charge on any atom is 0.287 e. The highest BCUT2D eigenvalue weighted by atomic mass is 16.3. The van der Waals surface area contributed by atoms with Crippen LogP contribution in [-0.2, 0) is 9.59 Å². The summed E-state index contributed by atoms with van der Waals surface area (Å²) in [4.78, 5) is 56.9. The van der Waals surface area contributed by atoms with Crippen molar-refractivity contribution in [3.05, 3.63) is 84.1 Å². The molecule has 1 aliphatic rings. The van der Waals surface area contributed by atoms with Crippen molar-refractivity contribution < 1.29 is 23.6 Å². The summed E-state index contributed by atoms with van der Waals surface area (Å²) in [6.45, 7) is 1.08. The van der Waals surface area contributed by atoms with E-state index in [9.17, 15) is 19.2 Å². The minimum atomic E-state index is -1.03. The number of furan rings is 1. The molecule has 0 aliphatic heterocycles. The van der Waals surface area contributed by atoms with Crippen molar-refractivity contribution in [3.8, 4) is 0 Å². The van der Waals surface area contributed by atoms with Gasteiger partial charge in [-0.3, -0.25) is 29.1 Å². The van der Waals surface area contributed by atoms with Crippen molar-refractivity contribution >= 4 is 29.2 Å². The van der Waals surface area contributed by atoms with Gasteiger partial charge in [0.15, 0.2) is 11.5 Å². The van der Waals surface area contributed by atoms with Crippen LogP contribution in [0.1, 0.15) is 65.1 Å². The number of Topliss-reactive ketones (excluding diaryl/α,β-unsaturated/α-hetero) is 1. The van der Waals surface area contributed by atoms with Crippen LogP contribution in [0.15, 0.2) is 71.6 Å². The monoisotopic (exact) mass is 488 g/mol. The molecule has 2 heterocycles. The topological polar surface area (TPSA) is 122 Å². The van der Waals surface area contributed by atoms with Crippen LogP contribution in [0, 0.1) is 0 Å². The quantitative estimate of drug-likeness (QED) is 0.445. The molecule has 0 bridgehead atoms. The number of rotatable bonds is 9. The van der Waals surface area contributed by atoms with Crippen molar-refractivity contribution in [3.63, 3.8) is 0 Å². The lowest BCUT2D eigenvalue weighted by molar-refractivity contribution is -0.126. The first kappa shape index (κ1) is 24.8. The predicted molar refractivity (Wildman–Crippen MR) is 132 cm³/mol. The average Bonchev–Trinajstić information content (AvgIpc) is 3.61. The molecule has 3 amide bonds. The second kappa shape index (κ2) is 11.4. The molecule has 0 spiro atoms. The van der Waals surface area contributed by atoms with Crippen LogP contribution < -0.4 is 15.5 Å². The van der Waals surface area contributed by atoms with E-state index < -0.39 is 17.9 Å². The third-order valence-corrected chi connectivity index (χ3v) is 6.17. The summed E-state index contributed by atoms with van der Waals surface area (Å²) in [7, 11) is 0. The van der Waals surface area contributed by atoms with E-state index in [0.29, 0.717) is 16.8 Å². The number of aromatic nitrogens is 1. The molecule has 1 saturated carbocycles. The average molecular weight is 489 g/mol. The lowest BCUT2D eigenvalue weighted by Gasteiger charge is -2.32. The van der Waals surface area contributed by atoms with Crippen molar-refractivity contribution in [2.24, 2.45) is 0 Å². The molecule has 1 aromatic carbocycles. The Morgan fingerprint density at radius 3 is 2.42 bits per heavy atom. The molecule has 1 fully saturated rings. The number of ketones is 1. The highest BCUT2D eigenvalue weighted by molar-refractivity contribution is 6.04. The van der Waals surface area contributed by atoms with E-state index in [1.54, 1.807) is 54.9 Å². The van der Waals surface area contributed by atoms with Crippen LogP contribution in [-0.4, -0.2) is 41.1 Å². The molecule has 2 aromatic heterocycles. The minimum Gasteiger partial charge on any atom is -0.459 e. The van der Waals surface area contributed by atoms with Gasteiger partial charge in [0.05, 0.1) is 12.8 Å². The Bertz CT molecular complexity index is 1200. The van der Waals surface area contributed by atoms with Gasteiger partial charge in [-0.05, 0) is 62.2 Å². The number of amides is 3. The number of pyridine rings is 1. The van der Waals surface area contributed by atoms with Crippen LogP contribution in [0.5, 0.6) is 0 Å². The molecule has 186 valence electrons. The van der Waals surface area contributed by atoms with Crippen LogP contribution in [0.4, 0.5) is 5.69 Å². The van der Waals surface area contributed by atoms with E-state index in [2.05, 4.69) is 15.6 Å². The normalized spacial score (nSPS) is 14.1. The molecule has 1 aliphatic carbocycles. The van der Waals surface area contributed by atoms with Crippen LogP contribution in [0.2, 0.25) is 0 Å². The van der Waals surface area contributed by atoms with Gasteiger partial charge in [-0.15, -0.1) is 0 Å². The van der Waals surface area contributed by atoms with Gasteiger partial charge in [-0.25, -0.2) is 0 Å². The number of nitrogens with zero attached hydrogens (tertiary/aromatic N) is 2. The molecular weight excluding hydrogens is 460 g/mol. The zero-order valence-corrected chi connectivity index (χ0v) is 20.0. The summed E-state index contributed by atoms with van der Waals surface area (Å²) in [5.74, 6) is -1.44. The van der Waals surface area contributed by atoms with E-state index in [4.69, 9.17) is 4.42 Å². The first-order chi connectivity index (χ1) is 17.4. The molecule has 0 radical (unpaired) electrons. The SMILES string of the molecule is CC(=O)c1ccc(N(C(=O)CNC(=O)c2ccco2)[C@H](C(=O)NC2CCCC2)c2cccnc2)cc1. The number of hydrogen-bond acceptors (Lipinski definition) is 6. The summed E-state index contributed by atoms with van der Waals surface area (Å²) in [6.07, 6.45) is 8.34. The summed E-state index contributed by atoms with van der Waals surface area (Å²) >= 11 is 0. The van der Waals surface area contributed by atoms with Crippen molar-refractivity contribution in [1.29, 1.82) is 0 Å². The summed E-state index contributed by atoms with van der Waals surface area (Å²) in [6, 6.07) is 12.0.